The summed E-state index contributed by atoms with van der Waals surface area (Å²) in [7, 11) is 2.16. The van der Waals surface area contributed by atoms with Crippen molar-refractivity contribution in [1.82, 2.24) is 9.13 Å². The fourth-order valence-corrected chi connectivity index (χ4v) is 6.76. The molecule has 0 atom stereocenters. The molecule has 7 aromatic rings. The van der Waals surface area contributed by atoms with E-state index in [-0.39, 0.29) is 5.41 Å². The summed E-state index contributed by atoms with van der Waals surface area (Å²) in [5.74, 6) is 1.56. The van der Waals surface area contributed by atoms with E-state index in [4.69, 9.17) is 0 Å². The average Bonchev–Trinajstić information content (AvgIpc) is 3.47. The van der Waals surface area contributed by atoms with E-state index in [0.29, 0.717) is 5.92 Å². The van der Waals surface area contributed by atoms with Gasteiger partial charge < -0.3 is 4.57 Å². The number of hydrogen-bond donors (Lipinski definition) is 0. The second kappa shape index (κ2) is 9.07. The molecule has 7 rings (SSSR count). The second-order valence-electron chi connectivity index (χ2n) is 12.8. The van der Waals surface area contributed by atoms with Gasteiger partial charge in [0.25, 0.3) is 5.82 Å². The molecule has 0 fully saturated rings. The molecule has 0 bridgehead atoms. The lowest BCUT2D eigenvalue weighted by atomic mass is 9.87. The summed E-state index contributed by atoms with van der Waals surface area (Å²) in [5.41, 5.74) is 10.4. The highest BCUT2D eigenvalue weighted by Crippen LogP contribution is 2.43. The van der Waals surface area contributed by atoms with Gasteiger partial charge in [0, 0.05) is 27.8 Å². The minimum atomic E-state index is 0.0496. The van der Waals surface area contributed by atoms with Crippen molar-refractivity contribution in [2.75, 3.05) is 0 Å². The minimum absolute atomic E-state index is 0.0496. The lowest BCUT2D eigenvalue weighted by Gasteiger charge is -2.20. The summed E-state index contributed by atoms with van der Waals surface area (Å²) in [6, 6.07) is 33.7. The van der Waals surface area contributed by atoms with E-state index in [2.05, 4.69) is 159 Å². The Hall–Kier alpha value is -4.37. The smallest absolute Gasteiger partial charge is 0.287 e. The molecule has 0 spiro atoms. The Bertz CT molecular complexity index is 2080. The number of hydrogen-bond acceptors (Lipinski definition) is 0. The van der Waals surface area contributed by atoms with E-state index in [1.54, 1.807) is 0 Å². The lowest BCUT2D eigenvalue weighted by molar-refractivity contribution is -0.665. The summed E-state index contributed by atoms with van der Waals surface area (Å²) in [6.07, 6.45) is 2.21. The van der Waals surface area contributed by atoms with Crippen molar-refractivity contribution in [3.8, 4) is 11.5 Å². The van der Waals surface area contributed by atoms with Crippen molar-refractivity contribution in [3.63, 3.8) is 0 Å². The van der Waals surface area contributed by atoms with Gasteiger partial charge in [0.15, 0.2) is 0 Å². The van der Waals surface area contributed by atoms with Gasteiger partial charge >= 0.3 is 0 Å². The van der Waals surface area contributed by atoms with Gasteiger partial charge in [-0.05, 0) is 65.8 Å². The molecule has 0 unspecified atom stereocenters. The zero-order valence-electron chi connectivity index (χ0n) is 25.2. The monoisotopic (exact) mass is 536 g/mol. The van der Waals surface area contributed by atoms with Crippen LogP contribution >= 0.6 is 0 Å². The van der Waals surface area contributed by atoms with Crippen molar-refractivity contribution >= 4 is 43.6 Å². The Morgan fingerprint density at radius 1 is 0.683 bits per heavy atom. The predicted molar refractivity (Wildman–Crippen MR) is 174 cm³/mol. The Morgan fingerprint density at radius 3 is 1.78 bits per heavy atom. The van der Waals surface area contributed by atoms with Crippen molar-refractivity contribution < 1.29 is 4.57 Å². The van der Waals surface area contributed by atoms with E-state index < -0.39 is 0 Å². The Labute approximate surface area is 242 Å². The van der Waals surface area contributed by atoms with Crippen LogP contribution in [0.1, 0.15) is 57.2 Å². The molecule has 3 heterocycles. The van der Waals surface area contributed by atoms with E-state index in [1.807, 2.05) is 0 Å². The molecule has 3 nitrogen and oxygen atoms in total. The third-order valence-corrected chi connectivity index (χ3v) is 8.87. The van der Waals surface area contributed by atoms with Crippen LogP contribution in [0.2, 0.25) is 0 Å². The van der Waals surface area contributed by atoms with Gasteiger partial charge in [0.2, 0.25) is 0 Å². The summed E-state index contributed by atoms with van der Waals surface area (Å²) in [5, 5.41) is 5.15. The number of benzene rings is 4. The zero-order valence-corrected chi connectivity index (χ0v) is 25.2. The molecule has 4 aromatic carbocycles. The van der Waals surface area contributed by atoms with E-state index in [1.165, 1.54) is 71.8 Å². The van der Waals surface area contributed by atoms with Crippen LogP contribution in [-0.4, -0.2) is 9.13 Å². The normalized spacial score (nSPS) is 12.5. The van der Waals surface area contributed by atoms with Crippen LogP contribution in [0.25, 0.3) is 55.1 Å². The highest BCUT2D eigenvalue weighted by Gasteiger charge is 2.29. The highest BCUT2D eigenvalue weighted by atomic mass is 15.1. The summed E-state index contributed by atoms with van der Waals surface area (Å²) in [6.45, 7) is 13.8. The lowest BCUT2D eigenvalue weighted by Crippen LogP contribution is -2.34. The molecule has 3 aromatic heterocycles. The largest absolute Gasteiger partial charge is 0.308 e. The first kappa shape index (κ1) is 25.6. The first-order valence-corrected chi connectivity index (χ1v) is 14.7. The van der Waals surface area contributed by atoms with Gasteiger partial charge in [-0.3, -0.25) is 0 Å². The topological polar surface area (TPSA) is 13.7 Å². The molecule has 3 heteroatoms. The first-order valence-electron chi connectivity index (χ1n) is 14.7. The molecule has 204 valence electrons. The van der Waals surface area contributed by atoms with Crippen molar-refractivity contribution in [2.24, 2.45) is 7.05 Å². The van der Waals surface area contributed by atoms with Crippen LogP contribution in [0.15, 0.2) is 97.2 Å². The van der Waals surface area contributed by atoms with Crippen molar-refractivity contribution in [2.45, 2.75) is 52.9 Å². The summed E-state index contributed by atoms with van der Waals surface area (Å²) in [4.78, 5) is 0. The number of rotatable bonds is 3. The molecule has 0 saturated heterocycles. The van der Waals surface area contributed by atoms with Crippen LogP contribution in [0.3, 0.4) is 0 Å². The standard InChI is InChI=1S/C38H38N3/c1-24(2)30-23-34(40-31-17-11-8-14-27(31)28-15-9-12-18-32(28)40)36-29-16-10-13-19-33(29)41(37(36)25(30)3)35-22-26(38(4,5)6)20-21-39(35)7/h8-24H,1-7H3/q+1. The van der Waals surface area contributed by atoms with Crippen LogP contribution in [-0.2, 0) is 12.5 Å². The van der Waals surface area contributed by atoms with Crippen LogP contribution in [0.4, 0.5) is 0 Å². The van der Waals surface area contributed by atoms with Crippen LogP contribution in [0, 0.1) is 6.92 Å². The van der Waals surface area contributed by atoms with Gasteiger partial charge in [0.1, 0.15) is 11.0 Å². The number of aromatic nitrogens is 3. The van der Waals surface area contributed by atoms with Crippen LogP contribution < -0.4 is 4.57 Å². The Kier molecular flexibility index (Phi) is 5.66. The summed E-state index contributed by atoms with van der Waals surface area (Å²) < 4.78 is 7.28. The third kappa shape index (κ3) is 3.75. The molecule has 0 aliphatic heterocycles. The number of pyridine rings is 1. The Morgan fingerprint density at radius 2 is 1.22 bits per heavy atom. The maximum Gasteiger partial charge on any atom is 0.287 e. The Balaban J connectivity index is 1.73. The maximum absolute atomic E-state index is 2.51. The molecule has 41 heavy (non-hydrogen) atoms. The third-order valence-electron chi connectivity index (χ3n) is 8.87. The fraction of sp³-hybridized carbons (Fsp3) is 0.237. The molecular formula is C38H38N3+. The van der Waals surface area contributed by atoms with Gasteiger partial charge in [-0.2, -0.15) is 4.57 Å². The van der Waals surface area contributed by atoms with E-state index in [0.717, 1.165) is 0 Å². The molecule has 0 amide bonds. The molecule has 0 N–H and O–H groups in total. The minimum Gasteiger partial charge on any atom is -0.308 e. The SMILES string of the molecule is Cc1c(C(C)C)cc(-n2c3ccccc3c3ccccc32)c2c3ccccc3n(-c3cc(C(C)(C)C)cc[n+]3C)c12. The quantitative estimate of drug-likeness (QED) is 0.200. The first-order chi connectivity index (χ1) is 19.7. The van der Waals surface area contributed by atoms with Crippen LogP contribution in [0.5, 0.6) is 0 Å². The van der Waals surface area contributed by atoms with E-state index >= 15 is 0 Å². The predicted octanol–water partition coefficient (Wildman–Crippen LogP) is 9.43. The number of nitrogens with zero attached hydrogens (tertiary/aromatic N) is 3. The molecule has 0 aliphatic rings. The number of aryl methyl sites for hydroxylation is 2. The fourth-order valence-electron chi connectivity index (χ4n) is 6.76. The van der Waals surface area contributed by atoms with Gasteiger partial charge in [-0.1, -0.05) is 83.1 Å². The van der Waals surface area contributed by atoms with Crippen molar-refractivity contribution in [1.29, 1.82) is 0 Å². The molecular weight excluding hydrogens is 498 g/mol. The highest BCUT2D eigenvalue weighted by molar-refractivity contribution is 6.17. The van der Waals surface area contributed by atoms with Crippen molar-refractivity contribution in [3.05, 3.63) is 114 Å². The van der Waals surface area contributed by atoms with Gasteiger partial charge in [-0.15, -0.1) is 0 Å². The number of para-hydroxylation sites is 3. The maximum atomic E-state index is 2.51. The van der Waals surface area contributed by atoms with Gasteiger partial charge in [-0.25, -0.2) is 4.57 Å². The molecule has 0 radical (unpaired) electrons. The average molecular weight is 537 g/mol. The summed E-state index contributed by atoms with van der Waals surface area (Å²) >= 11 is 0. The molecule has 0 saturated carbocycles. The second-order valence-corrected chi connectivity index (χ2v) is 12.8. The number of fused-ring (bicyclic) bond motifs is 6. The zero-order chi connectivity index (χ0) is 28.6. The van der Waals surface area contributed by atoms with Gasteiger partial charge in [0.05, 0.1) is 35.4 Å². The van der Waals surface area contributed by atoms with E-state index in [9.17, 15) is 0 Å². The molecule has 0 aliphatic carbocycles.